The molecule has 2 N–H and O–H groups in total. The Morgan fingerprint density at radius 1 is 1.35 bits per heavy atom. The molecule has 0 amide bonds. The molecule has 0 atom stereocenters. The number of nitrogens with one attached hydrogen (secondary N) is 1. The monoisotopic (exact) mass is 234 g/mol. The third kappa shape index (κ3) is 1.93. The predicted octanol–water partition coefficient (Wildman–Crippen LogP) is 1.66. The summed E-state index contributed by atoms with van der Waals surface area (Å²) >= 11 is 0. The number of ether oxygens (including phenoxy) is 1. The average molecular weight is 234 g/mol. The van der Waals surface area contributed by atoms with E-state index in [2.05, 4.69) is 10.5 Å². The van der Waals surface area contributed by atoms with Crippen LogP contribution in [0.25, 0.3) is 11.0 Å². The zero-order valence-electron chi connectivity index (χ0n) is 9.35. The Morgan fingerprint density at radius 2 is 2.18 bits per heavy atom. The molecule has 0 radical (unpaired) electrons. The first-order chi connectivity index (χ1) is 8.34. The predicted molar refractivity (Wildman–Crippen MR) is 62.2 cm³/mol. The zero-order valence-corrected chi connectivity index (χ0v) is 9.35. The largest absolute Gasteiger partial charge is 0.504 e. The Morgan fingerprint density at radius 3 is 3.00 bits per heavy atom. The second kappa shape index (κ2) is 4.25. The number of aromatic nitrogens is 1. The van der Waals surface area contributed by atoms with Crippen LogP contribution < -0.4 is 10.1 Å². The van der Waals surface area contributed by atoms with Crippen molar-refractivity contribution in [2.24, 2.45) is 0 Å². The molecule has 0 spiro atoms. The Bertz CT molecular complexity index is 517. The van der Waals surface area contributed by atoms with E-state index in [0.29, 0.717) is 11.5 Å². The number of rotatable bonds is 2. The Hall–Kier alpha value is -1.75. The highest BCUT2D eigenvalue weighted by Crippen LogP contribution is 2.32. The fraction of sp³-hybridized carbons (Fsp3) is 0.417. The summed E-state index contributed by atoms with van der Waals surface area (Å²) in [4.78, 5) is 0. The lowest BCUT2D eigenvalue weighted by Crippen LogP contribution is -2.34. The molecule has 5 nitrogen and oxygen atoms in total. The van der Waals surface area contributed by atoms with E-state index in [9.17, 15) is 5.11 Å². The third-order valence-corrected chi connectivity index (χ3v) is 3.01. The molecule has 2 aromatic rings. The van der Waals surface area contributed by atoms with Gasteiger partial charge in [0.2, 0.25) is 5.58 Å². The second-order valence-corrected chi connectivity index (χ2v) is 4.21. The van der Waals surface area contributed by atoms with Crippen molar-refractivity contribution in [1.29, 1.82) is 0 Å². The van der Waals surface area contributed by atoms with Crippen LogP contribution in [0.1, 0.15) is 12.8 Å². The molecule has 0 unspecified atom stereocenters. The molecule has 0 bridgehead atoms. The van der Waals surface area contributed by atoms with Crippen LogP contribution in [0.4, 0.5) is 0 Å². The summed E-state index contributed by atoms with van der Waals surface area (Å²) in [5.41, 5.74) is 0.386. The summed E-state index contributed by atoms with van der Waals surface area (Å²) in [6.07, 6.45) is 2.10. The Balaban J connectivity index is 1.87. The number of hydrogen-bond acceptors (Lipinski definition) is 5. The minimum Gasteiger partial charge on any atom is -0.504 e. The van der Waals surface area contributed by atoms with Gasteiger partial charge >= 0.3 is 0 Å². The van der Waals surface area contributed by atoms with Gasteiger partial charge in [-0.25, -0.2) is 0 Å². The van der Waals surface area contributed by atoms with Crippen LogP contribution in [-0.2, 0) is 0 Å². The third-order valence-electron chi connectivity index (χ3n) is 3.01. The highest BCUT2D eigenvalue weighted by Gasteiger charge is 2.19. The topological polar surface area (TPSA) is 67.5 Å². The zero-order chi connectivity index (χ0) is 11.7. The van der Waals surface area contributed by atoms with E-state index in [1.165, 1.54) is 0 Å². The molecule has 17 heavy (non-hydrogen) atoms. The van der Waals surface area contributed by atoms with Crippen molar-refractivity contribution in [3.8, 4) is 11.6 Å². The normalized spacial score (nSPS) is 17.4. The summed E-state index contributed by atoms with van der Waals surface area (Å²) in [6, 6.07) is 5.16. The maximum Gasteiger partial charge on any atom is 0.262 e. The molecule has 0 aliphatic carbocycles. The minimum absolute atomic E-state index is 0.0927. The molecule has 1 aromatic carbocycles. The van der Waals surface area contributed by atoms with Crippen LogP contribution in [0, 0.1) is 0 Å². The van der Waals surface area contributed by atoms with Gasteiger partial charge in [-0.2, -0.15) is 0 Å². The van der Waals surface area contributed by atoms with Crippen molar-refractivity contribution in [3.63, 3.8) is 0 Å². The molecule has 1 saturated heterocycles. The first kappa shape index (κ1) is 10.4. The SMILES string of the molecule is Oc1cccc2c(OC3CCNCC3)noc12. The number of benzene rings is 1. The number of hydrogen-bond donors (Lipinski definition) is 2. The lowest BCUT2D eigenvalue weighted by Gasteiger charge is -2.22. The van der Waals surface area contributed by atoms with Gasteiger partial charge in [-0.1, -0.05) is 6.07 Å². The number of phenols is 1. The number of nitrogens with zero attached hydrogens (tertiary/aromatic N) is 1. The average Bonchev–Trinajstić information content (AvgIpc) is 2.76. The highest BCUT2D eigenvalue weighted by molar-refractivity contribution is 5.86. The van der Waals surface area contributed by atoms with Crippen molar-refractivity contribution < 1.29 is 14.4 Å². The van der Waals surface area contributed by atoms with E-state index in [4.69, 9.17) is 9.26 Å². The summed E-state index contributed by atoms with van der Waals surface area (Å²) in [6.45, 7) is 1.93. The molecule has 1 aromatic heterocycles. The number of fused-ring (bicyclic) bond motifs is 1. The molecule has 0 saturated carbocycles. The molecule has 2 heterocycles. The van der Waals surface area contributed by atoms with Gasteiger partial charge in [-0.15, -0.1) is 0 Å². The van der Waals surface area contributed by atoms with Crippen molar-refractivity contribution in [3.05, 3.63) is 18.2 Å². The minimum atomic E-state index is 0.0927. The van der Waals surface area contributed by atoms with Crippen molar-refractivity contribution in [1.82, 2.24) is 10.5 Å². The van der Waals surface area contributed by atoms with E-state index >= 15 is 0 Å². The molecular formula is C12H14N2O3. The van der Waals surface area contributed by atoms with Gasteiger partial charge in [0, 0.05) is 0 Å². The van der Waals surface area contributed by atoms with Gasteiger partial charge in [0.1, 0.15) is 6.10 Å². The van der Waals surface area contributed by atoms with E-state index < -0.39 is 0 Å². The number of piperidine rings is 1. The first-order valence-electron chi connectivity index (χ1n) is 5.79. The maximum absolute atomic E-state index is 9.59. The second-order valence-electron chi connectivity index (χ2n) is 4.21. The van der Waals surface area contributed by atoms with E-state index in [1.807, 2.05) is 6.07 Å². The molecule has 1 aliphatic heterocycles. The lowest BCUT2D eigenvalue weighted by atomic mass is 10.1. The van der Waals surface area contributed by atoms with Gasteiger partial charge in [-0.05, 0) is 43.2 Å². The Kier molecular flexibility index (Phi) is 2.60. The van der Waals surface area contributed by atoms with Gasteiger partial charge in [0.15, 0.2) is 5.75 Å². The molecule has 1 aliphatic rings. The fourth-order valence-electron chi connectivity index (χ4n) is 2.08. The highest BCUT2D eigenvalue weighted by atomic mass is 16.5. The van der Waals surface area contributed by atoms with Crippen LogP contribution in [0.3, 0.4) is 0 Å². The summed E-state index contributed by atoms with van der Waals surface area (Å²) in [5, 5.41) is 17.5. The Labute approximate surface area is 98.4 Å². The van der Waals surface area contributed by atoms with Gasteiger partial charge in [0.05, 0.1) is 5.39 Å². The molecule has 5 heteroatoms. The summed E-state index contributed by atoms with van der Waals surface area (Å²) in [5.74, 6) is 0.568. The van der Waals surface area contributed by atoms with Crippen molar-refractivity contribution >= 4 is 11.0 Å². The standard InChI is InChI=1S/C12H14N2O3/c15-10-3-1-2-9-11(10)17-14-12(9)16-8-4-6-13-7-5-8/h1-3,8,13,15H,4-7H2. The van der Waals surface area contributed by atoms with E-state index in [-0.39, 0.29) is 11.9 Å². The van der Waals surface area contributed by atoms with Crippen LogP contribution in [0.5, 0.6) is 11.6 Å². The molecule has 90 valence electrons. The van der Waals surface area contributed by atoms with Gasteiger partial charge in [-0.3, -0.25) is 0 Å². The van der Waals surface area contributed by atoms with Crippen LogP contribution in [0.2, 0.25) is 0 Å². The van der Waals surface area contributed by atoms with Crippen LogP contribution in [0.15, 0.2) is 22.7 Å². The van der Waals surface area contributed by atoms with Crippen molar-refractivity contribution in [2.75, 3.05) is 13.1 Å². The van der Waals surface area contributed by atoms with Crippen molar-refractivity contribution in [2.45, 2.75) is 18.9 Å². The van der Waals surface area contributed by atoms with Gasteiger partial charge < -0.3 is 19.7 Å². The smallest absolute Gasteiger partial charge is 0.262 e. The van der Waals surface area contributed by atoms with E-state index in [0.717, 1.165) is 31.3 Å². The van der Waals surface area contributed by atoms with Gasteiger partial charge in [0.25, 0.3) is 5.88 Å². The van der Waals surface area contributed by atoms with Crippen LogP contribution in [-0.4, -0.2) is 29.5 Å². The maximum atomic E-state index is 9.59. The lowest BCUT2D eigenvalue weighted by molar-refractivity contribution is 0.151. The molecule has 3 rings (SSSR count). The van der Waals surface area contributed by atoms with Crippen LogP contribution >= 0.6 is 0 Å². The molecule has 1 fully saturated rings. The summed E-state index contributed by atoms with van der Waals surface area (Å²) in [7, 11) is 0. The summed E-state index contributed by atoms with van der Waals surface area (Å²) < 4.78 is 10.9. The fourth-order valence-corrected chi connectivity index (χ4v) is 2.08. The molecular weight excluding hydrogens is 220 g/mol. The number of phenolic OH excluding ortho intramolecular Hbond substituents is 1. The quantitative estimate of drug-likeness (QED) is 0.827. The number of para-hydroxylation sites is 1. The van der Waals surface area contributed by atoms with E-state index in [1.54, 1.807) is 12.1 Å². The first-order valence-corrected chi connectivity index (χ1v) is 5.79. The number of aromatic hydroxyl groups is 1.